The van der Waals surface area contributed by atoms with Gasteiger partial charge in [0.05, 0.1) is 36.0 Å². The van der Waals surface area contributed by atoms with Crippen molar-refractivity contribution in [1.82, 2.24) is 24.8 Å². The topological polar surface area (TPSA) is 117 Å². The number of anilines is 5. The highest BCUT2D eigenvalue weighted by atomic mass is 19.1. The maximum atomic E-state index is 14.7. The number of aryl methyl sites for hydroxylation is 1. The van der Waals surface area contributed by atoms with E-state index >= 15 is 0 Å². The molecule has 11 nitrogen and oxygen atoms in total. The van der Waals surface area contributed by atoms with Crippen LogP contribution in [0, 0.1) is 11.6 Å². The standard InChI is InChI=1S/C28H30F2N8O3/c1-31-27(40)24-18(30)11-16(29)12-20(24)32-25-17-7-8-37(4)26(17)35-28(34-25)33-19-13-21-15(10-22(19)41-5)6-9-38(21)23(39)14-36(2)3/h7-8,10-13H,6,9,14H2,1-5H3,(H,31,40)(H2,32,33,34,35). The highest BCUT2D eigenvalue weighted by molar-refractivity contribution is 6.02. The molecule has 0 radical (unpaired) electrons. The van der Waals surface area contributed by atoms with Crippen molar-refractivity contribution in [3.05, 3.63) is 59.3 Å². The number of hydrogen-bond acceptors (Lipinski definition) is 8. The number of ether oxygens (including phenoxy) is 1. The van der Waals surface area contributed by atoms with Crippen molar-refractivity contribution >= 4 is 51.7 Å². The zero-order valence-corrected chi connectivity index (χ0v) is 23.3. The molecule has 0 saturated heterocycles. The second-order valence-electron chi connectivity index (χ2n) is 9.91. The van der Waals surface area contributed by atoms with Crippen molar-refractivity contribution in [2.45, 2.75) is 6.42 Å². The van der Waals surface area contributed by atoms with Crippen LogP contribution >= 0.6 is 0 Å². The summed E-state index contributed by atoms with van der Waals surface area (Å²) in [5, 5.41) is 9.05. The normalized spacial score (nSPS) is 12.5. The number of halogens is 2. The summed E-state index contributed by atoms with van der Waals surface area (Å²) in [6.07, 6.45) is 2.47. The van der Waals surface area contributed by atoms with E-state index in [-0.39, 0.29) is 35.5 Å². The molecule has 13 heteroatoms. The summed E-state index contributed by atoms with van der Waals surface area (Å²) in [5.41, 5.74) is 2.35. The van der Waals surface area contributed by atoms with Crippen LogP contribution in [0.3, 0.4) is 0 Å². The highest BCUT2D eigenvalue weighted by Crippen LogP contribution is 2.39. The molecule has 2 amide bonds. The van der Waals surface area contributed by atoms with Crippen molar-refractivity contribution in [3.63, 3.8) is 0 Å². The van der Waals surface area contributed by atoms with Crippen molar-refractivity contribution in [3.8, 4) is 5.75 Å². The third-order valence-corrected chi connectivity index (χ3v) is 6.78. The lowest BCUT2D eigenvalue weighted by Crippen LogP contribution is -2.36. The van der Waals surface area contributed by atoms with E-state index in [2.05, 4.69) is 25.9 Å². The molecule has 4 aromatic rings. The molecular formula is C28H30F2N8O3. The van der Waals surface area contributed by atoms with Gasteiger partial charge in [-0.25, -0.2) is 8.78 Å². The molecule has 41 heavy (non-hydrogen) atoms. The molecule has 1 aliphatic heterocycles. The molecule has 3 N–H and O–H groups in total. The minimum atomic E-state index is -1.01. The monoisotopic (exact) mass is 564 g/mol. The van der Waals surface area contributed by atoms with Gasteiger partial charge in [0.2, 0.25) is 11.9 Å². The van der Waals surface area contributed by atoms with Gasteiger partial charge in [0, 0.05) is 38.6 Å². The second-order valence-corrected chi connectivity index (χ2v) is 9.91. The van der Waals surface area contributed by atoms with Crippen LogP contribution in [0.2, 0.25) is 0 Å². The van der Waals surface area contributed by atoms with Gasteiger partial charge in [0.25, 0.3) is 5.91 Å². The van der Waals surface area contributed by atoms with Gasteiger partial charge >= 0.3 is 0 Å². The van der Waals surface area contributed by atoms with Gasteiger partial charge < -0.3 is 35.1 Å². The molecule has 0 atom stereocenters. The molecule has 214 valence electrons. The van der Waals surface area contributed by atoms with Crippen LogP contribution in [0.1, 0.15) is 15.9 Å². The van der Waals surface area contributed by atoms with Gasteiger partial charge in [-0.2, -0.15) is 9.97 Å². The van der Waals surface area contributed by atoms with Crippen LogP contribution in [0.25, 0.3) is 11.0 Å². The van der Waals surface area contributed by atoms with Crippen LogP contribution in [0.15, 0.2) is 36.5 Å². The molecule has 2 aromatic carbocycles. The Morgan fingerprint density at radius 2 is 1.88 bits per heavy atom. The van der Waals surface area contributed by atoms with Crippen molar-refractivity contribution in [2.24, 2.45) is 7.05 Å². The van der Waals surface area contributed by atoms with Crippen LogP contribution in [-0.4, -0.2) is 72.6 Å². The summed E-state index contributed by atoms with van der Waals surface area (Å²) in [5.74, 6) is -1.71. The Kier molecular flexibility index (Phi) is 7.45. The molecular weight excluding hydrogens is 534 g/mol. The van der Waals surface area contributed by atoms with Crippen LogP contribution in [0.5, 0.6) is 5.75 Å². The number of rotatable bonds is 8. The lowest BCUT2D eigenvalue weighted by molar-refractivity contribution is -0.119. The molecule has 0 unspecified atom stereocenters. The first-order valence-corrected chi connectivity index (χ1v) is 12.8. The number of aromatic nitrogens is 3. The van der Waals surface area contributed by atoms with Crippen molar-refractivity contribution < 1.29 is 23.1 Å². The highest BCUT2D eigenvalue weighted by Gasteiger charge is 2.27. The van der Waals surface area contributed by atoms with Gasteiger partial charge in [-0.3, -0.25) is 9.59 Å². The predicted octanol–water partition coefficient (Wildman–Crippen LogP) is 3.55. The number of amides is 2. The number of nitrogens with zero attached hydrogens (tertiary/aromatic N) is 5. The lowest BCUT2D eigenvalue weighted by atomic mass is 10.1. The minimum absolute atomic E-state index is 0.0212. The van der Waals surface area contributed by atoms with E-state index in [0.717, 1.165) is 17.3 Å². The minimum Gasteiger partial charge on any atom is -0.495 e. The van der Waals surface area contributed by atoms with Gasteiger partial charge in [-0.1, -0.05) is 0 Å². The van der Waals surface area contributed by atoms with E-state index < -0.39 is 17.5 Å². The lowest BCUT2D eigenvalue weighted by Gasteiger charge is -2.21. The summed E-state index contributed by atoms with van der Waals surface area (Å²) < 4.78 is 36.3. The number of hydrogen-bond donors (Lipinski definition) is 3. The summed E-state index contributed by atoms with van der Waals surface area (Å²) >= 11 is 0. The Balaban J connectivity index is 1.56. The van der Waals surface area contributed by atoms with Gasteiger partial charge in [-0.05, 0) is 50.3 Å². The van der Waals surface area contributed by atoms with E-state index in [4.69, 9.17) is 4.74 Å². The van der Waals surface area contributed by atoms with Gasteiger partial charge in [-0.15, -0.1) is 0 Å². The Morgan fingerprint density at radius 1 is 1.10 bits per heavy atom. The zero-order valence-electron chi connectivity index (χ0n) is 23.3. The first-order chi connectivity index (χ1) is 19.6. The number of methoxy groups -OCH3 is 1. The van der Waals surface area contributed by atoms with Crippen LogP contribution in [-0.2, 0) is 18.3 Å². The Hall–Kier alpha value is -4.78. The first kappa shape index (κ1) is 27.8. The molecule has 3 heterocycles. The van der Waals surface area contributed by atoms with Crippen LogP contribution < -0.4 is 25.6 Å². The number of carbonyl (C=O) groups excluding carboxylic acids is 2. The number of likely N-dealkylation sites (N-methyl/N-ethyl adjacent to an activating group) is 1. The number of fused-ring (bicyclic) bond motifs is 2. The molecule has 5 rings (SSSR count). The molecule has 0 aliphatic carbocycles. The molecule has 0 spiro atoms. The average Bonchev–Trinajstić information content (AvgIpc) is 3.50. The Morgan fingerprint density at radius 3 is 2.59 bits per heavy atom. The smallest absolute Gasteiger partial charge is 0.256 e. The van der Waals surface area contributed by atoms with E-state index in [0.29, 0.717) is 41.5 Å². The summed E-state index contributed by atoms with van der Waals surface area (Å²) in [6.45, 7) is 0.835. The molecule has 1 aliphatic rings. The first-order valence-electron chi connectivity index (χ1n) is 12.8. The second kappa shape index (κ2) is 11.0. The summed E-state index contributed by atoms with van der Waals surface area (Å²) in [6, 6.07) is 7.13. The summed E-state index contributed by atoms with van der Waals surface area (Å²) in [7, 11) is 8.38. The fourth-order valence-corrected chi connectivity index (χ4v) is 4.86. The van der Waals surface area contributed by atoms with Gasteiger partial charge in [0.15, 0.2) is 0 Å². The zero-order chi connectivity index (χ0) is 29.4. The number of benzene rings is 2. The molecule has 0 saturated carbocycles. The Labute approximate surface area is 235 Å². The SMILES string of the molecule is CNC(=O)c1c(F)cc(F)cc1Nc1nc(Nc2cc3c(cc2OC)CCN3C(=O)CN(C)C)nc2c1ccn2C. The summed E-state index contributed by atoms with van der Waals surface area (Å²) in [4.78, 5) is 38.1. The van der Waals surface area contributed by atoms with Crippen molar-refractivity contribution in [1.29, 1.82) is 0 Å². The maximum Gasteiger partial charge on any atom is 0.256 e. The van der Waals surface area contributed by atoms with Gasteiger partial charge in [0.1, 0.15) is 28.8 Å². The molecule has 2 aromatic heterocycles. The van der Waals surface area contributed by atoms with E-state index in [1.54, 1.807) is 35.9 Å². The third kappa shape index (κ3) is 5.35. The largest absolute Gasteiger partial charge is 0.495 e. The molecule has 0 fully saturated rings. The van der Waals surface area contributed by atoms with Crippen molar-refractivity contribution in [2.75, 3.05) is 56.9 Å². The van der Waals surface area contributed by atoms with E-state index in [1.807, 2.05) is 31.1 Å². The fourth-order valence-electron chi connectivity index (χ4n) is 4.86. The predicted molar refractivity (Wildman–Crippen MR) is 152 cm³/mol. The van der Waals surface area contributed by atoms with E-state index in [1.165, 1.54) is 7.05 Å². The Bertz CT molecular complexity index is 1670. The quantitative estimate of drug-likeness (QED) is 0.298. The fraction of sp³-hybridized carbons (Fsp3) is 0.286. The average molecular weight is 565 g/mol. The third-order valence-electron chi connectivity index (χ3n) is 6.78. The molecule has 0 bridgehead atoms. The van der Waals surface area contributed by atoms with Crippen LogP contribution in [0.4, 0.5) is 37.6 Å². The van der Waals surface area contributed by atoms with E-state index in [9.17, 15) is 18.4 Å². The number of carbonyl (C=O) groups is 2. The number of nitrogens with one attached hydrogen (secondary N) is 3. The maximum absolute atomic E-state index is 14.7.